The number of carboxylic acids is 1. The number of benzene rings is 2. The standard InChI is InChI=1S/C39H47FN4O5/c1-10-19-47-39(9)15-17-43(18-16-39)36-33(35(37(45)46)49-38(6,7)8)26(5)41-32-23-30(42-44(32)36)27-13-12-14-28(22-27)34-29(40)20-24(3)21-31(34)48-25(4)11-2/h10-14,20-23,25,35H,1-2,15-19H2,3-9H3,(H,45,46). The first kappa shape index (κ1) is 35.8. The largest absolute Gasteiger partial charge is 0.486 e. The van der Waals surface area contributed by atoms with Crippen molar-refractivity contribution in [2.75, 3.05) is 24.6 Å². The Labute approximate surface area is 288 Å². The molecule has 1 aliphatic rings. The highest BCUT2D eigenvalue weighted by atomic mass is 19.1. The number of anilines is 1. The number of carboxylic acid groups (broad SMARTS) is 1. The highest BCUT2D eigenvalue weighted by Crippen LogP contribution is 2.40. The van der Waals surface area contributed by atoms with E-state index in [1.807, 2.05) is 71.0 Å². The summed E-state index contributed by atoms with van der Waals surface area (Å²) in [5.41, 5.74) is 3.52. The molecule has 1 saturated heterocycles. The van der Waals surface area contributed by atoms with E-state index in [1.165, 1.54) is 6.07 Å². The second kappa shape index (κ2) is 14.1. The molecule has 260 valence electrons. The van der Waals surface area contributed by atoms with Crippen LogP contribution in [0.1, 0.15) is 70.4 Å². The van der Waals surface area contributed by atoms with Gasteiger partial charge in [0.05, 0.1) is 34.6 Å². The van der Waals surface area contributed by atoms with Gasteiger partial charge in [0.2, 0.25) is 0 Å². The topological polar surface area (TPSA) is 98.4 Å². The summed E-state index contributed by atoms with van der Waals surface area (Å²) in [6.45, 7) is 22.3. The SMILES string of the molecule is C=CCOC1(C)CCN(c2c(C(OC(C)(C)C)C(=O)O)c(C)nc3cc(-c4cccc(-c5c(F)cc(C)cc5OC(C)C=C)c4)nn23)CC1. The average molecular weight is 671 g/mol. The summed E-state index contributed by atoms with van der Waals surface area (Å²) in [6, 6.07) is 12.6. The molecular formula is C39H47FN4O5. The number of ether oxygens (including phenoxy) is 3. The number of carbonyl (C=O) groups is 1. The van der Waals surface area contributed by atoms with Crippen LogP contribution in [0.4, 0.5) is 10.2 Å². The van der Waals surface area contributed by atoms with Gasteiger partial charge in [0.15, 0.2) is 11.8 Å². The highest BCUT2D eigenvalue weighted by molar-refractivity contribution is 5.80. The van der Waals surface area contributed by atoms with Crippen LogP contribution in [0, 0.1) is 19.7 Å². The van der Waals surface area contributed by atoms with Gasteiger partial charge >= 0.3 is 5.97 Å². The summed E-state index contributed by atoms with van der Waals surface area (Å²) >= 11 is 0. The molecule has 1 fully saturated rings. The number of halogens is 1. The van der Waals surface area contributed by atoms with Gasteiger partial charge in [0.1, 0.15) is 23.5 Å². The van der Waals surface area contributed by atoms with E-state index in [4.69, 9.17) is 24.3 Å². The van der Waals surface area contributed by atoms with Crippen LogP contribution in [0.3, 0.4) is 0 Å². The van der Waals surface area contributed by atoms with E-state index in [0.29, 0.717) is 77.8 Å². The molecule has 0 saturated carbocycles. The van der Waals surface area contributed by atoms with Crippen LogP contribution in [-0.2, 0) is 14.3 Å². The van der Waals surface area contributed by atoms with Gasteiger partial charge in [-0.1, -0.05) is 36.9 Å². The third kappa shape index (κ3) is 7.86. The molecule has 3 heterocycles. The van der Waals surface area contributed by atoms with Crippen molar-refractivity contribution in [2.45, 2.75) is 84.7 Å². The molecular weight excluding hydrogens is 623 g/mol. The predicted octanol–water partition coefficient (Wildman–Crippen LogP) is 8.27. The van der Waals surface area contributed by atoms with Crippen LogP contribution in [0.25, 0.3) is 28.0 Å². The molecule has 2 aromatic carbocycles. The van der Waals surface area contributed by atoms with Gasteiger partial charge < -0.3 is 24.2 Å². The lowest BCUT2D eigenvalue weighted by Crippen LogP contribution is -2.45. The van der Waals surface area contributed by atoms with Gasteiger partial charge in [0.25, 0.3) is 0 Å². The third-order valence-corrected chi connectivity index (χ3v) is 8.72. The number of hydrogen-bond acceptors (Lipinski definition) is 7. The van der Waals surface area contributed by atoms with Crippen molar-refractivity contribution in [3.05, 3.63) is 90.4 Å². The van der Waals surface area contributed by atoms with Crippen molar-refractivity contribution in [3.63, 3.8) is 0 Å². The van der Waals surface area contributed by atoms with Crippen molar-refractivity contribution in [3.8, 4) is 28.1 Å². The molecule has 0 bridgehead atoms. The molecule has 2 atom stereocenters. The number of aryl methyl sites for hydroxylation is 2. The summed E-state index contributed by atoms with van der Waals surface area (Å²) < 4.78 is 35.6. The number of nitrogens with zero attached hydrogens (tertiary/aromatic N) is 4. The van der Waals surface area contributed by atoms with Crippen molar-refractivity contribution in [1.82, 2.24) is 14.6 Å². The first-order valence-corrected chi connectivity index (χ1v) is 16.6. The molecule has 4 aromatic rings. The van der Waals surface area contributed by atoms with Crippen molar-refractivity contribution in [2.24, 2.45) is 0 Å². The summed E-state index contributed by atoms with van der Waals surface area (Å²) in [4.78, 5) is 19.8. The lowest BCUT2D eigenvalue weighted by Gasteiger charge is -2.41. The fourth-order valence-electron chi connectivity index (χ4n) is 6.22. The fraction of sp³-hybridized carbons (Fsp3) is 0.410. The van der Waals surface area contributed by atoms with E-state index in [-0.39, 0.29) is 11.7 Å². The van der Waals surface area contributed by atoms with Gasteiger partial charge in [0, 0.05) is 30.4 Å². The zero-order chi connectivity index (χ0) is 35.7. The number of piperidine rings is 1. The van der Waals surface area contributed by atoms with E-state index >= 15 is 4.39 Å². The molecule has 0 radical (unpaired) electrons. The summed E-state index contributed by atoms with van der Waals surface area (Å²) in [6.07, 6.45) is 3.24. The van der Waals surface area contributed by atoms with Gasteiger partial charge in [-0.25, -0.2) is 14.2 Å². The lowest BCUT2D eigenvalue weighted by atomic mass is 9.92. The number of aromatic nitrogens is 3. The zero-order valence-electron chi connectivity index (χ0n) is 29.5. The number of hydrogen-bond donors (Lipinski definition) is 1. The molecule has 1 aliphatic heterocycles. The average Bonchev–Trinajstić information content (AvgIpc) is 3.45. The highest BCUT2D eigenvalue weighted by Gasteiger charge is 2.37. The molecule has 0 amide bonds. The van der Waals surface area contributed by atoms with E-state index in [0.717, 1.165) is 11.1 Å². The number of fused-ring (bicyclic) bond motifs is 1. The van der Waals surface area contributed by atoms with Crippen molar-refractivity contribution < 1.29 is 28.5 Å². The maximum atomic E-state index is 15.6. The Hall–Kier alpha value is -4.54. The lowest BCUT2D eigenvalue weighted by molar-refractivity contribution is -0.160. The van der Waals surface area contributed by atoms with Crippen LogP contribution >= 0.6 is 0 Å². The zero-order valence-corrected chi connectivity index (χ0v) is 29.5. The van der Waals surface area contributed by atoms with Gasteiger partial charge in [-0.3, -0.25) is 0 Å². The molecule has 10 heteroatoms. The molecule has 49 heavy (non-hydrogen) atoms. The second-order valence-electron chi connectivity index (χ2n) is 14.0. The number of aliphatic carboxylic acids is 1. The molecule has 0 aliphatic carbocycles. The molecule has 9 nitrogen and oxygen atoms in total. The minimum Gasteiger partial charge on any atom is -0.486 e. The molecule has 2 aromatic heterocycles. The Balaban J connectivity index is 1.65. The van der Waals surface area contributed by atoms with Gasteiger partial charge in [-0.05, 0) is 90.6 Å². The maximum Gasteiger partial charge on any atom is 0.337 e. The molecule has 2 unspecified atom stereocenters. The molecule has 5 rings (SSSR count). The van der Waals surface area contributed by atoms with Crippen LogP contribution in [0.15, 0.2) is 67.8 Å². The van der Waals surface area contributed by atoms with Crippen LogP contribution in [-0.4, -0.2) is 62.7 Å². The van der Waals surface area contributed by atoms with E-state index in [1.54, 1.807) is 23.6 Å². The first-order chi connectivity index (χ1) is 23.1. The quantitative estimate of drug-likeness (QED) is 0.151. The Morgan fingerprint density at radius 3 is 2.45 bits per heavy atom. The summed E-state index contributed by atoms with van der Waals surface area (Å²) in [5, 5.41) is 15.5. The third-order valence-electron chi connectivity index (χ3n) is 8.72. The number of rotatable bonds is 12. The fourth-order valence-corrected chi connectivity index (χ4v) is 6.22. The molecule has 0 spiro atoms. The molecule has 1 N–H and O–H groups in total. The Morgan fingerprint density at radius 1 is 1.12 bits per heavy atom. The predicted molar refractivity (Wildman–Crippen MR) is 191 cm³/mol. The van der Waals surface area contributed by atoms with E-state index < -0.39 is 23.5 Å². The Kier molecular flexibility index (Phi) is 10.3. The monoisotopic (exact) mass is 670 g/mol. The van der Waals surface area contributed by atoms with Gasteiger partial charge in [-0.2, -0.15) is 9.61 Å². The van der Waals surface area contributed by atoms with E-state index in [2.05, 4.69) is 25.0 Å². The summed E-state index contributed by atoms with van der Waals surface area (Å²) in [7, 11) is 0. The second-order valence-corrected chi connectivity index (χ2v) is 14.0. The maximum absolute atomic E-state index is 15.6. The Bertz CT molecular complexity index is 1870. The van der Waals surface area contributed by atoms with Crippen LogP contribution in [0.2, 0.25) is 0 Å². The van der Waals surface area contributed by atoms with Crippen molar-refractivity contribution >= 4 is 17.4 Å². The minimum absolute atomic E-state index is 0.318. The Morgan fingerprint density at radius 2 is 1.82 bits per heavy atom. The smallest absolute Gasteiger partial charge is 0.337 e. The normalized spacial score (nSPS) is 16.0. The van der Waals surface area contributed by atoms with Crippen LogP contribution in [0.5, 0.6) is 5.75 Å². The summed E-state index contributed by atoms with van der Waals surface area (Å²) in [5.74, 6) is -0.462. The van der Waals surface area contributed by atoms with E-state index in [9.17, 15) is 9.90 Å². The van der Waals surface area contributed by atoms with Crippen LogP contribution < -0.4 is 9.64 Å². The first-order valence-electron chi connectivity index (χ1n) is 16.6. The minimum atomic E-state index is -1.28. The van der Waals surface area contributed by atoms with Crippen molar-refractivity contribution in [1.29, 1.82) is 0 Å². The van der Waals surface area contributed by atoms with Gasteiger partial charge in [-0.15, -0.1) is 6.58 Å².